The van der Waals surface area contributed by atoms with Crippen LogP contribution in [-0.2, 0) is 0 Å². The number of H-pyrrole nitrogens is 1. The highest BCUT2D eigenvalue weighted by molar-refractivity contribution is 5.90. The van der Waals surface area contributed by atoms with Crippen molar-refractivity contribution >= 4 is 16.7 Å². The van der Waals surface area contributed by atoms with Crippen LogP contribution in [0.2, 0.25) is 0 Å². The predicted molar refractivity (Wildman–Crippen MR) is 111 cm³/mol. The fourth-order valence-corrected chi connectivity index (χ4v) is 3.77. The Bertz CT molecular complexity index is 953. The SMILES string of the molecule is COc1[c]cccc1OCC(C)CN1CCN(c2n[nH]c3cc(F)ccc23)CC1. The van der Waals surface area contributed by atoms with Crippen molar-refractivity contribution in [2.75, 3.05) is 51.3 Å². The summed E-state index contributed by atoms with van der Waals surface area (Å²) in [4.78, 5) is 4.71. The van der Waals surface area contributed by atoms with E-state index < -0.39 is 0 Å². The maximum Gasteiger partial charge on any atom is 0.168 e. The maximum atomic E-state index is 13.4. The molecule has 0 saturated carbocycles. The average molecular weight is 397 g/mol. The molecule has 0 aliphatic carbocycles. The number of methoxy groups -OCH3 is 1. The van der Waals surface area contributed by atoms with Gasteiger partial charge in [0.1, 0.15) is 5.82 Å². The van der Waals surface area contributed by atoms with Crippen molar-refractivity contribution in [3.63, 3.8) is 0 Å². The number of rotatable bonds is 7. The molecule has 1 aliphatic rings. The molecule has 29 heavy (non-hydrogen) atoms. The summed E-state index contributed by atoms with van der Waals surface area (Å²) >= 11 is 0. The zero-order chi connectivity index (χ0) is 20.2. The van der Waals surface area contributed by atoms with Gasteiger partial charge in [-0.3, -0.25) is 10.00 Å². The first-order valence-electron chi connectivity index (χ1n) is 9.92. The minimum Gasteiger partial charge on any atom is -0.492 e. The van der Waals surface area contributed by atoms with Gasteiger partial charge in [0, 0.05) is 50.1 Å². The average Bonchev–Trinajstić information content (AvgIpc) is 3.16. The topological polar surface area (TPSA) is 53.6 Å². The normalized spacial score (nSPS) is 16.2. The second-order valence-corrected chi connectivity index (χ2v) is 7.51. The second kappa shape index (κ2) is 8.69. The Kier molecular flexibility index (Phi) is 5.85. The third kappa shape index (κ3) is 4.45. The van der Waals surface area contributed by atoms with Crippen LogP contribution in [0.5, 0.6) is 11.5 Å². The highest BCUT2D eigenvalue weighted by atomic mass is 19.1. The molecular formula is C22H26FN4O2. The third-order valence-corrected chi connectivity index (χ3v) is 5.26. The van der Waals surface area contributed by atoms with E-state index in [1.165, 1.54) is 12.1 Å². The Morgan fingerprint density at radius 2 is 2.07 bits per heavy atom. The number of hydrogen-bond acceptors (Lipinski definition) is 5. The molecule has 2 aromatic carbocycles. The van der Waals surface area contributed by atoms with Crippen LogP contribution in [0.15, 0.2) is 36.4 Å². The lowest BCUT2D eigenvalue weighted by Gasteiger charge is -2.36. The van der Waals surface area contributed by atoms with Crippen LogP contribution < -0.4 is 14.4 Å². The fourth-order valence-electron chi connectivity index (χ4n) is 3.77. The van der Waals surface area contributed by atoms with Crippen molar-refractivity contribution < 1.29 is 13.9 Å². The Labute approximate surface area is 170 Å². The summed E-state index contributed by atoms with van der Waals surface area (Å²) in [7, 11) is 1.63. The second-order valence-electron chi connectivity index (χ2n) is 7.51. The zero-order valence-corrected chi connectivity index (χ0v) is 16.8. The Morgan fingerprint density at radius 1 is 1.24 bits per heavy atom. The first-order valence-corrected chi connectivity index (χ1v) is 9.92. The molecule has 6 nitrogen and oxygen atoms in total. The summed E-state index contributed by atoms with van der Waals surface area (Å²) in [5.74, 6) is 2.41. The molecule has 1 radical (unpaired) electrons. The van der Waals surface area contributed by atoms with Gasteiger partial charge in [0.15, 0.2) is 17.3 Å². The Balaban J connectivity index is 1.28. The smallest absolute Gasteiger partial charge is 0.168 e. The first-order chi connectivity index (χ1) is 14.1. The minimum absolute atomic E-state index is 0.250. The summed E-state index contributed by atoms with van der Waals surface area (Å²) in [6.45, 7) is 7.51. The quantitative estimate of drug-likeness (QED) is 0.663. The molecular weight excluding hydrogens is 371 g/mol. The van der Waals surface area contributed by atoms with Gasteiger partial charge < -0.3 is 14.4 Å². The number of anilines is 1. The van der Waals surface area contributed by atoms with Crippen LogP contribution in [0.25, 0.3) is 10.9 Å². The van der Waals surface area contributed by atoms with E-state index in [-0.39, 0.29) is 5.82 Å². The van der Waals surface area contributed by atoms with E-state index in [1.54, 1.807) is 13.2 Å². The van der Waals surface area contributed by atoms with E-state index in [0.29, 0.717) is 18.3 Å². The minimum atomic E-state index is -0.250. The number of nitrogens with zero attached hydrogens (tertiary/aromatic N) is 3. The summed E-state index contributed by atoms with van der Waals surface area (Å²) in [6, 6.07) is 13.4. The van der Waals surface area contributed by atoms with E-state index in [0.717, 1.165) is 55.2 Å². The maximum absolute atomic E-state index is 13.4. The van der Waals surface area contributed by atoms with Gasteiger partial charge in [-0.15, -0.1) is 0 Å². The predicted octanol–water partition coefficient (Wildman–Crippen LogP) is 3.35. The molecule has 1 aliphatic heterocycles. The van der Waals surface area contributed by atoms with Crippen LogP contribution in [0.1, 0.15) is 6.92 Å². The van der Waals surface area contributed by atoms with E-state index in [9.17, 15) is 4.39 Å². The van der Waals surface area contributed by atoms with Gasteiger partial charge in [-0.25, -0.2) is 4.39 Å². The van der Waals surface area contributed by atoms with Crippen LogP contribution in [0.3, 0.4) is 0 Å². The lowest BCUT2D eigenvalue weighted by Crippen LogP contribution is -2.48. The summed E-state index contributed by atoms with van der Waals surface area (Å²) in [5, 5.41) is 8.31. The van der Waals surface area contributed by atoms with Crippen LogP contribution in [-0.4, -0.2) is 61.5 Å². The fraction of sp³-hybridized carbons (Fsp3) is 0.409. The number of ether oxygens (including phenoxy) is 2. The van der Waals surface area contributed by atoms with Gasteiger partial charge in [-0.1, -0.05) is 19.1 Å². The largest absolute Gasteiger partial charge is 0.492 e. The van der Waals surface area contributed by atoms with Crippen molar-refractivity contribution in [2.24, 2.45) is 5.92 Å². The van der Waals surface area contributed by atoms with Crippen molar-refractivity contribution in [1.29, 1.82) is 0 Å². The molecule has 1 saturated heterocycles. The van der Waals surface area contributed by atoms with E-state index in [2.05, 4.69) is 33.0 Å². The molecule has 1 N–H and O–H groups in total. The zero-order valence-electron chi connectivity index (χ0n) is 16.8. The Hall–Kier alpha value is -2.80. The number of para-hydroxylation sites is 1. The number of fused-ring (bicyclic) bond motifs is 1. The molecule has 0 amide bonds. The Morgan fingerprint density at radius 3 is 2.86 bits per heavy atom. The number of halogens is 1. The molecule has 0 spiro atoms. The summed E-state index contributed by atoms with van der Waals surface area (Å²) in [5.41, 5.74) is 0.738. The van der Waals surface area contributed by atoms with Crippen LogP contribution >= 0.6 is 0 Å². The molecule has 1 fully saturated rings. The molecule has 7 heteroatoms. The number of hydrogen-bond donors (Lipinski definition) is 1. The van der Waals surface area contributed by atoms with E-state index in [1.807, 2.05) is 18.2 Å². The lowest BCUT2D eigenvalue weighted by atomic mass is 10.1. The molecule has 0 bridgehead atoms. The molecule has 1 atom stereocenters. The molecule has 2 heterocycles. The molecule has 153 valence electrons. The van der Waals surface area contributed by atoms with Crippen LogP contribution in [0, 0.1) is 17.8 Å². The van der Waals surface area contributed by atoms with Gasteiger partial charge >= 0.3 is 0 Å². The summed E-state index contributed by atoms with van der Waals surface area (Å²) in [6.07, 6.45) is 0. The monoisotopic (exact) mass is 397 g/mol. The van der Waals surface area contributed by atoms with E-state index in [4.69, 9.17) is 9.47 Å². The van der Waals surface area contributed by atoms with Gasteiger partial charge in [0.05, 0.1) is 19.2 Å². The molecule has 4 rings (SSSR count). The standard InChI is InChI=1S/C22H26FN4O2/c1-16(15-29-21-6-4-3-5-20(21)28-2)14-26-9-11-27(12-10-26)22-18-8-7-17(23)13-19(18)24-25-22/h3-4,6-8,13,16H,9-12,14-15H2,1-2H3,(H,24,25). The van der Waals surface area contributed by atoms with Gasteiger partial charge in [-0.2, -0.15) is 5.10 Å². The van der Waals surface area contributed by atoms with Crippen molar-refractivity contribution in [1.82, 2.24) is 15.1 Å². The van der Waals surface area contributed by atoms with Gasteiger partial charge in [0.2, 0.25) is 0 Å². The van der Waals surface area contributed by atoms with Crippen molar-refractivity contribution in [3.05, 3.63) is 48.3 Å². The summed E-state index contributed by atoms with van der Waals surface area (Å²) < 4.78 is 24.6. The first kappa shape index (κ1) is 19.5. The number of aromatic nitrogens is 2. The van der Waals surface area contributed by atoms with Gasteiger partial charge in [-0.05, 0) is 24.3 Å². The lowest BCUT2D eigenvalue weighted by molar-refractivity contribution is 0.175. The molecule has 1 unspecified atom stereocenters. The highest BCUT2D eigenvalue weighted by Crippen LogP contribution is 2.27. The number of benzene rings is 2. The van der Waals surface area contributed by atoms with E-state index >= 15 is 0 Å². The number of aromatic amines is 1. The van der Waals surface area contributed by atoms with Gasteiger partial charge in [0.25, 0.3) is 0 Å². The molecule has 1 aromatic heterocycles. The molecule has 3 aromatic rings. The number of piperazine rings is 1. The third-order valence-electron chi connectivity index (χ3n) is 5.26. The highest BCUT2D eigenvalue weighted by Gasteiger charge is 2.22. The number of nitrogens with one attached hydrogen (secondary N) is 1. The van der Waals surface area contributed by atoms with Crippen molar-refractivity contribution in [3.8, 4) is 11.5 Å². The van der Waals surface area contributed by atoms with Crippen molar-refractivity contribution in [2.45, 2.75) is 6.92 Å². The van der Waals surface area contributed by atoms with Crippen LogP contribution in [0.4, 0.5) is 10.2 Å².